The number of anilines is 2. The second-order valence-electron chi connectivity index (χ2n) is 6.68. The van der Waals surface area contributed by atoms with Crippen molar-refractivity contribution in [3.05, 3.63) is 70.5 Å². The highest BCUT2D eigenvalue weighted by molar-refractivity contribution is 6.31. The number of aromatic nitrogens is 2. The predicted molar refractivity (Wildman–Crippen MR) is 116 cm³/mol. The van der Waals surface area contributed by atoms with Crippen molar-refractivity contribution >= 4 is 35.1 Å². The van der Waals surface area contributed by atoms with Gasteiger partial charge >= 0.3 is 18.2 Å². The lowest BCUT2D eigenvalue weighted by Crippen LogP contribution is -2.28. The van der Waals surface area contributed by atoms with Gasteiger partial charge in [-0.2, -0.15) is 13.2 Å². The molecule has 3 rings (SSSR count). The van der Waals surface area contributed by atoms with Crippen LogP contribution < -0.4 is 16.4 Å². The molecule has 3 aromatic rings. The number of rotatable bonds is 5. The number of hydrogen-bond donors (Lipinski definition) is 3. The number of nitrogens with one attached hydrogen (secondary N) is 2. The molecule has 12 heteroatoms. The van der Waals surface area contributed by atoms with E-state index in [9.17, 15) is 22.8 Å². The number of methoxy groups -OCH3 is 1. The average Bonchev–Trinajstić information content (AvgIpc) is 2.78. The van der Waals surface area contributed by atoms with E-state index in [4.69, 9.17) is 17.3 Å². The molecule has 0 atom stereocenters. The number of ether oxygens (including phenoxy) is 1. The van der Waals surface area contributed by atoms with Crippen LogP contribution in [0.1, 0.15) is 21.6 Å². The van der Waals surface area contributed by atoms with Crippen molar-refractivity contribution in [2.24, 2.45) is 0 Å². The molecule has 0 fully saturated rings. The van der Waals surface area contributed by atoms with Crippen molar-refractivity contribution in [1.29, 1.82) is 0 Å². The molecule has 0 saturated carbocycles. The SMILES string of the molecule is COC(=O)c1nc(-c2cccc(CNC(=O)Nc3ccc(Cl)c(C(F)(F)F)c3)c2)cnc1N. The minimum absolute atomic E-state index is 0.0612. The third kappa shape index (κ3) is 5.89. The number of alkyl halides is 3. The van der Waals surface area contributed by atoms with Crippen LogP contribution in [-0.2, 0) is 17.5 Å². The maximum Gasteiger partial charge on any atom is 0.417 e. The van der Waals surface area contributed by atoms with Crippen LogP contribution in [-0.4, -0.2) is 29.1 Å². The van der Waals surface area contributed by atoms with Crippen molar-refractivity contribution in [3.63, 3.8) is 0 Å². The van der Waals surface area contributed by atoms with Gasteiger partial charge in [0.2, 0.25) is 0 Å². The van der Waals surface area contributed by atoms with Gasteiger partial charge in [0.15, 0.2) is 11.5 Å². The van der Waals surface area contributed by atoms with Crippen LogP contribution in [0.5, 0.6) is 0 Å². The van der Waals surface area contributed by atoms with Gasteiger partial charge in [-0.05, 0) is 29.8 Å². The minimum Gasteiger partial charge on any atom is -0.464 e. The lowest BCUT2D eigenvalue weighted by Gasteiger charge is -2.12. The molecular weight excluding hydrogens is 463 g/mol. The molecule has 2 amide bonds. The maximum atomic E-state index is 13.0. The lowest BCUT2D eigenvalue weighted by atomic mass is 10.1. The quantitative estimate of drug-likeness (QED) is 0.463. The molecule has 0 unspecified atom stereocenters. The maximum absolute atomic E-state index is 13.0. The summed E-state index contributed by atoms with van der Waals surface area (Å²) < 4.78 is 43.5. The number of urea groups is 1. The van der Waals surface area contributed by atoms with Crippen LogP contribution in [0.3, 0.4) is 0 Å². The van der Waals surface area contributed by atoms with Crippen LogP contribution in [0.4, 0.5) is 29.5 Å². The van der Waals surface area contributed by atoms with Crippen molar-refractivity contribution < 1.29 is 27.5 Å². The summed E-state index contributed by atoms with van der Waals surface area (Å²) in [6.45, 7) is 0.0612. The molecule has 0 aliphatic carbocycles. The Hall–Kier alpha value is -3.86. The van der Waals surface area contributed by atoms with Crippen LogP contribution in [0.2, 0.25) is 5.02 Å². The zero-order valence-electron chi connectivity index (χ0n) is 17.0. The van der Waals surface area contributed by atoms with E-state index in [0.717, 1.165) is 12.1 Å². The van der Waals surface area contributed by atoms with Gasteiger partial charge in [-0.1, -0.05) is 29.8 Å². The van der Waals surface area contributed by atoms with Gasteiger partial charge in [-0.15, -0.1) is 0 Å². The summed E-state index contributed by atoms with van der Waals surface area (Å²) in [5.41, 5.74) is 6.04. The number of nitrogens with two attached hydrogens (primary N) is 1. The molecule has 0 aliphatic heterocycles. The second kappa shape index (κ2) is 9.74. The van der Waals surface area contributed by atoms with E-state index in [0.29, 0.717) is 16.8 Å². The molecule has 1 heterocycles. The number of nitrogens with zero attached hydrogens (tertiary/aromatic N) is 2. The third-order valence-corrected chi connectivity index (χ3v) is 4.71. The van der Waals surface area contributed by atoms with Crippen molar-refractivity contribution in [2.45, 2.75) is 12.7 Å². The van der Waals surface area contributed by atoms with E-state index in [-0.39, 0.29) is 23.7 Å². The van der Waals surface area contributed by atoms with E-state index in [2.05, 4.69) is 25.3 Å². The molecular formula is C21H17ClF3N5O3. The fraction of sp³-hybridized carbons (Fsp3) is 0.143. The Kier molecular flexibility index (Phi) is 7.02. The van der Waals surface area contributed by atoms with E-state index in [1.165, 1.54) is 19.4 Å². The fourth-order valence-electron chi connectivity index (χ4n) is 2.80. The van der Waals surface area contributed by atoms with Gasteiger partial charge in [0.25, 0.3) is 0 Å². The summed E-state index contributed by atoms with van der Waals surface area (Å²) in [5.74, 6) is -0.803. The Morgan fingerprint density at radius 1 is 1.18 bits per heavy atom. The fourth-order valence-corrected chi connectivity index (χ4v) is 3.03. The summed E-state index contributed by atoms with van der Waals surface area (Å²) in [7, 11) is 1.20. The Morgan fingerprint density at radius 2 is 1.94 bits per heavy atom. The van der Waals surface area contributed by atoms with E-state index in [1.807, 2.05) is 0 Å². The highest BCUT2D eigenvalue weighted by Gasteiger charge is 2.33. The normalized spacial score (nSPS) is 11.1. The molecule has 0 spiro atoms. The number of benzene rings is 2. The summed E-state index contributed by atoms with van der Waals surface area (Å²) in [5, 5.41) is 4.42. The summed E-state index contributed by atoms with van der Waals surface area (Å²) >= 11 is 5.58. The Balaban J connectivity index is 1.70. The molecule has 0 saturated heterocycles. The first kappa shape index (κ1) is 23.8. The van der Waals surface area contributed by atoms with Gasteiger partial charge in [0.05, 0.1) is 29.6 Å². The zero-order valence-corrected chi connectivity index (χ0v) is 17.8. The highest BCUT2D eigenvalue weighted by Crippen LogP contribution is 2.36. The van der Waals surface area contributed by atoms with E-state index < -0.39 is 28.8 Å². The number of nitrogen functional groups attached to an aromatic ring is 1. The molecule has 0 bridgehead atoms. The molecule has 4 N–H and O–H groups in total. The Bertz CT molecular complexity index is 1200. The molecule has 0 radical (unpaired) electrons. The summed E-state index contributed by atoms with van der Waals surface area (Å²) in [4.78, 5) is 32.1. The predicted octanol–water partition coefficient (Wildman–Crippen LogP) is 4.51. The van der Waals surface area contributed by atoms with Crippen LogP contribution >= 0.6 is 11.6 Å². The van der Waals surface area contributed by atoms with Crippen LogP contribution in [0.25, 0.3) is 11.3 Å². The van der Waals surface area contributed by atoms with E-state index >= 15 is 0 Å². The molecule has 1 aromatic heterocycles. The van der Waals surface area contributed by atoms with Crippen LogP contribution in [0.15, 0.2) is 48.7 Å². The standard InChI is InChI=1S/C21H17ClF3N5O3/c1-33-19(31)17-18(26)27-10-16(30-17)12-4-2-3-11(7-12)9-28-20(32)29-13-5-6-15(22)14(8-13)21(23,24)25/h2-8,10H,9H2,1H3,(H2,26,27)(H2,28,29,32). The second-order valence-corrected chi connectivity index (χ2v) is 7.09. The first-order chi connectivity index (χ1) is 15.6. The van der Waals surface area contributed by atoms with Crippen LogP contribution in [0, 0.1) is 0 Å². The van der Waals surface area contributed by atoms with Gasteiger partial charge < -0.3 is 21.1 Å². The van der Waals surface area contributed by atoms with Gasteiger partial charge in [0, 0.05) is 17.8 Å². The number of halogens is 4. The largest absolute Gasteiger partial charge is 0.464 e. The molecule has 8 nitrogen and oxygen atoms in total. The molecule has 0 aliphatic rings. The Morgan fingerprint density at radius 3 is 2.64 bits per heavy atom. The molecule has 2 aromatic carbocycles. The first-order valence-corrected chi connectivity index (χ1v) is 9.68. The number of amides is 2. The topological polar surface area (TPSA) is 119 Å². The average molecular weight is 480 g/mol. The minimum atomic E-state index is -4.65. The van der Waals surface area contributed by atoms with E-state index in [1.54, 1.807) is 24.3 Å². The van der Waals surface area contributed by atoms with Gasteiger partial charge in [-0.3, -0.25) is 0 Å². The lowest BCUT2D eigenvalue weighted by molar-refractivity contribution is -0.137. The number of esters is 1. The summed E-state index contributed by atoms with van der Waals surface area (Å²) in [6.07, 6.45) is -3.26. The van der Waals surface area contributed by atoms with Crippen molar-refractivity contribution in [2.75, 3.05) is 18.2 Å². The molecule has 33 heavy (non-hydrogen) atoms. The highest BCUT2D eigenvalue weighted by atomic mass is 35.5. The number of carbonyl (C=O) groups excluding carboxylic acids is 2. The number of hydrogen-bond acceptors (Lipinski definition) is 6. The molecule has 172 valence electrons. The smallest absolute Gasteiger partial charge is 0.417 e. The zero-order chi connectivity index (χ0) is 24.2. The van der Waals surface area contributed by atoms with Gasteiger partial charge in [0.1, 0.15) is 0 Å². The number of carbonyl (C=O) groups is 2. The monoisotopic (exact) mass is 479 g/mol. The Labute approximate surface area is 190 Å². The van der Waals surface area contributed by atoms with Gasteiger partial charge in [-0.25, -0.2) is 19.6 Å². The first-order valence-electron chi connectivity index (χ1n) is 9.30. The summed E-state index contributed by atoms with van der Waals surface area (Å²) in [6, 6.07) is 9.20. The van der Waals surface area contributed by atoms with Crippen molar-refractivity contribution in [3.8, 4) is 11.3 Å². The van der Waals surface area contributed by atoms with Crippen molar-refractivity contribution in [1.82, 2.24) is 15.3 Å². The third-order valence-electron chi connectivity index (χ3n) is 4.38.